The van der Waals surface area contributed by atoms with Gasteiger partial charge in [-0.3, -0.25) is 0 Å². The van der Waals surface area contributed by atoms with Gasteiger partial charge in [-0.05, 0) is 36.1 Å². The van der Waals surface area contributed by atoms with E-state index in [1.165, 1.54) is 24.0 Å². The largest absolute Gasteiger partial charge is 0.397 e. The van der Waals surface area contributed by atoms with Crippen LogP contribution < -0.4 is 10.6 Å². The third-order valence-corrected chi connectivity index (χ3v) is 3.63. The fourth-order valence-electron chi connectivity index (χ4n) is 2.68. The predicted octanol–water partition coefficient (Wildman–Crippen LogP) is 3.22. The fourth-order valence-corrected chi connectivity index (χ4v) is 2.68. The second kappa shape index (κ2) is 4.73. The molecule has 0 saturated heterocycles. The van der Waals surface area contributed by atoms with E-state index in [2.05, 4.69) is 41.3 Å². The van der Waals surface area contributed by atoms with E-state index in [9.17, 15) is 0 Å². The molecule has 2 aromatic carbocycles. The highest BCUT2D eigenvalue weighted by Gasteiger charge is 2.15. The van der Waals surface area contributed by atoms with Crippen LogP contribution in [0.25, 0.3) is 0 Å². The van der Waals surface area contributed by atoms with Crippen LogP contribution in [-0.2, 0) is 13.0 Å². The van der Waals surface area contributed by atoms with Crippen LogP contribution in [0.5, 0.6) is 0 Å². The molecule has 0 saturated carbocycles. The van der Waals surface area contributed by atoms with Crippen molar-refractivity contribution < 1.29 is 0 Å². The number of fused-ring (bicyclic) bond motifs is 1. The molecule has 92 valence electrons. The Labute approximate surface area is 108 Å². The summed E-state index contributed by atoms with van der Waals surface area (Å²) in [6.45, 7) is 2.04. The molecule has 2 N–H and O–H groups in total. The zero-order valence-corrected chi connectivity index (χ0v) is 10.5. The zero-order chi connectivity index (χ0) is 12.4. The molecule has 0 radical (unpaired) electrons. The summed E-state index contributed by atoms with van der Waals surface area (Å²) in [5.41, 5.74) is 11.0. The Kier molecular flexibility index (Phi) is 2.93. The number of hydrogen-bond acceptors (Lipinski definition) is 2. The van der Waals surface area contributed by atoms with Gasteiger partial charge in [0.1, 0.15) is 0 Å². The second-order valence-electron chi connectivity index (χ2n) is 4.85. The van der Waals surface area contributed by atoms with Crippen molar-refractivity contribution >= 4 is 11.4 Å². The van der Waals surface area contributed by atoms with Crippen LogP contribution >= 0.6 is 0 Å². The third-order valence-electron chi connectivity index (χ3n) is 3.63. The van der Waals surface area contributed by atoms with Crippen LogP contribution in [0.1, 0.15) is 17.5 Å². The molecule has 0 amide bonds. The lowest BCUT2D eigenvalue weighted by atomic mass is 10.0. The Balaban J connectivity index is 1.94. The quantitative estimate of drug-likeness (QED) is 0.773. The van der Waals surface area contributed by atoms with Gasteiger partial charge in [0.15, 0.2) is 0 Å². The van der Waals surface area contributed by atoms with Gasteiger partial charge in [0.25, 0.3) is 0 Å². The average Bonchev–Trinajstić information content (AvgIpc) is 2.61. The molecule has 0 spiro atoms. The zero-order valence-electron chi connectivity index (χ0n) is 10.5. The maximum atomic E-state index is 6.08. The number of nitrogens with two attached hydrogens (primary N) is 1. The highest BCUT2D eigenvalue weighted by molar-refractivity contribution is 5.67. The van der Waals surface area contributed by atoms with E-state index in [-0.39, 0.29) is 0 Å². The molecule has 1 heterocycles. The van der Waals surface area contributed by atoms with Crippen LogP contribution in [0.2, 0.25) is 0 Å². The topological polar surface area (TPSA) is 29.3 Å². The molecule has 0 bridgehead atoms. The fraction of sp³-hybridized carbons (Fsp3) is 0.250. The van der Waals surface area contributed by atoms with Crippen LogP contribution in [0, 0.1) is 0 Å². The van der Waals surface area contributed by atoms with Gasteiger partial charge >= 0.3 is 0 Å². The summed E-state index contributed by atoms with van der Waals surface area (Å²) in [6.07, 6.45) is 2.35. The predicted molar refractivity (Wildman–Crippen MR) is 76.7 cm³/mol. The molecule has 0 atom stereocenters. The Bertz CT molecular complexity index is 548. The van der Waals surface area contributed by atoms with Gasteiger partial charge in [0.2, 0.25) is 0 Å². The first-order chi connectivity index (χ1) is 8.84. The van der Waals surface area contributed by atoms with Crippen molar-refractivity contribution in [1.82, 2.24) is 0 Å². The maximum Gasteiger partial charge on any atom is 0.0602 e. The molecule has 2 nitrogen and oxygen atoms in total. The van der Waals surface area contributed by atoms with Crippen LogP contribution in [0.15, 0.2) is 48.5 Å². The minimum absolute atomic E-state index is 0.872. The van der Waals surface area contributed by atoms with Gasteiger partial charge in [0.05, 0.1) is 11.4 Å². The number of aryl methyl sites for hydroxylation is 1. The van der Waals surface area contributed by atoms with Gasteiger partial charge in [-0.25, -0.2) is 0 Å². The number of para-hydroxylation sites is 2. The lowest BCUT2D eigenvalue weighted by molar-refractivity contribution is 0.767. The van der Waals surface area contributed by atoms with Crippen molar-refractivity contribution in [2.24, 2.45) is 0 Å². The van der Waals surface area contributed by atoms with Gasteiger partial charge in [0, 0.05) is 13.1 Å². The van der Waals surface area contributed by atoms with E-state index in [1.54, 1.807) is 0 Å². The smallest absolute Gasteiger partial charge is 0.0602 e. The molecule has 1 aliphatic rings. The first-order valence-electron chi connectivity index (χ1n) is 6.51. The van der Waals surface area contributed by atoms with Crippen LogP contribution in [-0.4, -0.2) is 6.54 Å². The van der Waals surface area contributed by atoms with Crippen molar-refractivity contribution in [2.75, 3.05) is 17.2 Å². The van der Waals surface area contributed by atoms with Crippen molar-refractivity contribution in [3.05, 3.63) is 59.7 Å². The number of anilines is 2. The van der Waals surface area contributed by atoms with E-state index >= 15 is 0 Å². The molecule has 0 unspecified atom stereocenters. The number of rotatable bonds is 1. The lowest BCUT2D eigenvalue weighted by Gasteiger charge is -2.24. The number of benzene rings is 2. The first-order valence-corrected chi connectivity index (χ1v) is 6.51. The summed E-state index contributed by atoms with van der Waals surface area (Å²) in [5.74, 6) is 0. The summed E-state index contributed by atoms with van der Waals surface area (Å²) < 4.78 is 0. The van der Waals surface area contributed by atoms with E-state index < -0.39 is 0 Å². The number of nitrogens with zero attached hydrogens (tertiary/aromatic N) is 1. The molecule has 0 fully saturated rings. The summed E-state index contributed by atoms with van der Waals surface area (Å²) >= 11 is 0. The second-order valence-corrected chi connectivity index (χ2v) is 4.85. The first kappa shape index (κ1) is 11.1. The molecule has 0 aliphatic carbocycles. The third kappa shape index (κ3) is 2.06. The summed E-state index contributed by atoms with van der Waals surface area (Å²) in [4.78, 5) is 2.39. The standard InChI is InChI=1S/C16H18N2/c17-15-9-3-4-10-16(15)18-11-5-8-13-6-1-2-7-14(13)12-18/h1-4,6-7,9-10H,5,8,11-12,17H2. The summed E-state index contributed by atoms with van der Waals surface area (Å²) in [7, 11) is 0. The highest BCUT2D eigenvalue weighted by atomic mass is 15.1. The minimum atomic E-state index is 0.872. The molecular weight excluding hydrogens is 220 g/mol. The Morgan fingerprint density at radius 2 is 1.61 bits per heavy atom. The number of hydrogen-bond donors (Lipinski definition) is 1. The Hall–Kier alpha value is -1.96. The average molecular weight is 238 g/mol. The van der Waals surface area contributed by atoms with Crippen LogP contribution in [0.4, 0.5) is 11.4 Å². The molecule has 18 heavy (non-hydrogen) atoms. The minimum Gasteiger partial charge on any atom is -0.397 e. The monoisotopic (exact) mass is 238 g/mol. The SMILES string of the molecule is Nc1ccccc1N1CCCc2ccccc2C1. The summed E-state index contributed by atoms with van der Waals surface area (Å²) in [6, 6.07) is 16.9. The van der Waals surface area contributed by atoms with Gasteiger partial charge in [-0.2, -0.15) is 0 Å². The number of nitrogen functional groups attached to an aromatic ring is 1. The van der Waals surface area contributed by atoms with E-state index in [0.717, 1.165) is 24.5 Å². The lowest BCUT2D eigenvalue weighted by Crippen LogP contribution is -2.23. The van der Waals surface area contributed by atoms with Crippen molar-refractivity contribution in [2.45, 2.75) is 19.4 Å². The molecule has 2 heteroatoms. The van der Waals surface area contributed by atoms with Gasteiger partial charge in [-0.15, -0.1) is 0 Å². The van der Waals surface area contributed by atoms with Crippen molar-refractivity contribution in [3.63, 3.8) is 0 Å². The molecule has 3 rings (SSSR count). The van der Waals surface area contributed by atoms with E-state index in [1.807, 2.05) is 12.1 Å². The molecule has 0 aromatic heterocycles. The highest BCUT2D eigenvalue weighted by Crippen LogP contribution is 2.27. The summed E-state index contributed by atoms with van der Waals surface area (Å²) in [5, 5.41) is 0. The Morgan fingerprint density at radius 3 is 2.44 bits per heavy atom. The Morgan fingerprint density at radius 1 is 0.889 bits per heavy atom. The van der Waals surface area contributed by atoms with E-state index in [4.69, 9.17) is 5.73 Å². The molecule has 1 aliphatic heterocycles. The normalized spacial score (nSPS) is 15.0. The molecule has 2 aromatic rings. The van der Waals surface area contributed by atoms with Gasteiger partial charge in [-0.1, -0.05) is 36.4 Å². The van der Waals surface area contributed by atoms with Crippen LogP contribution in [0.3, 0.4) is 0 Å². The maximum absolute atomic E-state index is 6.08. The molecular formula is C16H18N2. The van der Waals surface area contributed by atoms with Gasteiger partial charge < -0.3 is 10.6 Å². The van der Waals surface area contributed by atoms with E-state index in [0.29, 0.717) is 0 Å². The van der Waals surface area contributed by atoms with Crippen molar-refractivity contribution in [1.29, 1.82) is 0 Å². The van der Waals surface area contributed by atoms with Crippen molar-refractivity contribution in [3.8, 4) is 0 Å².